The Hall–Kier alpha value is 0.430. The van der Waals surface area contributed by atoms with E-state index in [1.807, 2.05) is 0 Å². The van der Waals surface area contributed by atoms with Gasteiger partial charge in [0.15, 0.2) is 0 Å². The van der Waals surface area contributed by atoms with Gasteiger partial charge in [0, 0.05) is 0 Å². The molecule has 0 N–H and O–H groups in total. The molecule has 0 saturated carbocycles. The number of rotatable bonds is 30. The molecule has 0 aliphatic heterocycles. The Morgan fingerprint density at radius 3 is 0.886 bits per heavy atom. The first-order valence-corrected chi connectivity index (χ1v) is 26.7. The van der Waals surface area contributed by atoms with Gasteiger partial charge >= 0.3 is 280 Å². The van der Waals surface area contributed by atoms with Crippen LogP contribution in [0.25, 0.3) is 0 Å². The second kappa shape index (κ2) is 22.9. The Labute approximate surface area is 279 Å². The maximum atomic E-state index is 8.24. The molecule has 262 valence electrons. The summed E-state index contributed by atoms with van der Waals surface area (Å²) >= 11 is 0. The minimum atomic E-state index is -2.49. The Kier molecular flexibility index (Phi) is 22.1. The number of unbranched alkanes of at least 4 members (excludes halogenated alkanes) is 8. The first-order valence-electron chi connectivity index (χ1n) is 19.5. The van der Waals surface area contributed by atoms with Gasteiger partial charge in [-0.05, 0) is 0 Å². The SMILES string of the molecule is CCCCP(CCCC)(CCCC)(CCCC)OP(Cc1ccccc1)OP(CCCC)(CCCC)(CCCC)CCCC. The van der Waals surface area contributed by atoms with Gasteiger partial charge in [-0.2, -0.15) is 0 Å². The van der Waals surface area contributed by atoms with Crippen molar-refractivity contribution in [1.82, 2.24) is 0 Å². The predicted octanol–water partition coefficient (Wildman–Crippen LogP) is 14.9. The molecule has 0 unspecified atom stereocenters. The molecular formula is C39H79O2P3. The summed E-state index contributed by atoms with van der Waals surface area (Å²) in [7, 11) is -1.03. The van der Waals surface area contributed by atoms with Crippen molar-refractivity contribution in [2.24, 2.45) is 0 Å². The number of benzene rings is 1. The van der Waals surface area contributed by atoms with Gasteiger partial charge in [0.1, 0.15) is 0 Å². The van der Waals surface area contributed by atoms with Crippen LogP contribution in [0.2, 0.25) is 0 Å². The molecule has 0 radical (unpaired) electrons. The van der Waals surface area contributed by atoms with E-state index in [2.05, 4.69) is 85.7 Å². The first-order chi connectivity index (χ1) is 21.3. The van der Waals surface area contributed by atoms with E-state index in [1.54, 1.807) is 0 Å². The van der Waals surface area contributed by atoms with Crippen molar-refractivity contribution >= 4 is 22.0 Å². The van der Waals surface area contributed by atoms with E-state index in [-0.39, 0.29) is 0 Å². The average molecular weight is 673 g/mol. The van der Waals surface area contributed by atoms with Crippen molar-refractivity contribution in [3.63, 3.8) is 0 Å². The van der Waals surface area contributed by atoms with Crippen LogP contribution in [0.5, 0.6) is 0 Å². The number of hydrogen-bond acceptors (Lipinski definition) is 2. The summed E-state index contributed by atoms with van der Waals surface area (Å²) in [6.07, 6.45) is 32.2. The van der Waals surface area contributed by atoms with Gasteiger partial charge in [0.2, 0.25) is 0 Å². The molecule has 0 aliphatic rings. The maximum absolute atomic E-state index is 8.24. The fourth-order valence-electron chi connectivity index (χ4n) is 7.45. The Bertz CT molecular complexity index is 695. The van der Waals surface area contributed by atoms with Gasteiger partial charge in [0.25, 0.3) is 0 Å². The molecule has 1 aromatic carbocycles. The fourth-order valence-corrected chi connectivity index (χ4v) is 27.2. The third-order valence-electron chi connectivity index (χ3n) is 10.4. The van der Waals surface area contributed by atoms with Crippen LogP contribution in [0.15, 0.2) is 30.3 Å². The van der Waals surface area contributed by atoms with Crippen LogP contribution in [-0.2, 0) is 14.8 Å². The first kappa shape index (κ1) is 42.5. The summed E-state index contributed by atoms with van der Waals surface area (Å²) in [6, 6.07) is 11.3. The molecule has 0 spiro atoms. The molecule has 0 amide bonds. The van der Waals surface area contributed by atoms with Crippen molar-refractivity contribution < 1.29 is 8.62 Å². The normalized spacial score (nSPS) is 15.0. The predicted molar refractivity (Wildman–Crippen MR) is 211 cm³/mol. The average Bonchev–Trinajstić information content (AvgIpc) is 3.05. The van der Waals surface area contributed by atoms with Crippen molar-refractivity contribution in [1.29, 1.82) is 0 Å². The molecule has 0 saturated heterocycles. The molecule has 0 aromatic heterocycles. The summed E-state index contributed by atoms with van der Waals surface area (Å²) < 4.78 is 16.5. The quantitative estimate of drug-likeness (QED) is 0.0757. The molecule has 5 heteroatoms. The van der Waals surface area contributed by atoms with Crippen LogP contribution in [0.1, 0.15) is 164 Å². The fraction of sp³-hybridized carbons (Fsp3) is 0.846. The zero-order valence-electron chi connectivity index (χ0n) is 31.2. The second-order valence-corrected chi connectivity index (χ2v) is 27.8. The summed E-state index contributed by atoms with van der Waals surface area (Å²) in [4.78, 5) is 0. The molecule has 44 heavy (non-hydrogen) atoms. The van der Waals surface area contributed by atoms with Crippen molar-refractivity contribution in [3.8, 4) is 0 Å². The zero-order chi connectivity index (χ0) is 32.7. The van der Waals surface area contributed by atoms with Gasteiger partial charge < -0.3 is 0 Å². The Morgan fingerprint density at radius 1 is 0.409 bits per heavy atom. The standard InChI is InChI=1S/C39H79O2P3/c1-9-17-30-43(31-18-10-2,32-19-11-3,33-20-12-4)40-42(38-39-28-26-25-27-29-39)41-44(34-21-13-5,35-22-14-6,36-23-15-7)37-24-16-8/h25-29H,9-24,30-38H2,1-8H3. The van der Waals surface area contributed by atoms with E-state index in [0.29, 0.717) is 0 Å². The van der Waals surface area contributed by atoms with E-state index in [4.69, 9.17) is 8.62 Å². The Morgan fingerprint density at radius 2 is 0.659 bits per heavy atom. The molecule has 2 nitrogen and oxygen atoms in total. The van der Waals surface area contributed by atoms with Gasteiger partial charge in [-0.3, -0.25) is 0 Å². The molecular weight excluding hydrogens is 593 g/mol. The minimum absolute atomic E-state index is 0.971. The second-order valence-electron chi connectivity index (χ2n) is 14.5. The van der Waals surface area contributed by atoms with Crippen LogP contribution in [-0.4, -0.2) is 49.3 Å². The third kappa shape index (κ3) is 13.9. The van der Waals surface area contributed by atoms with E-state index in [0.717, 1.165) is 6.16 Å². The van der Waals surface area contributed by atoms with Crippen molar-refractivity contribution in [3.05, 3.63) is 35.9 Å². The van der Waals surface area contributed by atoms with Gasteiger partial charge in [0.05, 0.1) is 0 Å². The molecule has 0 atom stereocenters. The van der Waals surface area contributed by atoms with Crippen LogP contribution in [0.3, 0.4) is 0 Å². The molecule has 0 fully saturated rings. The molecule has 0 bridgehead atoms. The monoisotopic (exact) mass is 673 g/mol. The molecule has 1 rings (SSSR count). The van der Waals surface area contributed by atoms with Crippen LogP contribution < -0.4 is 0 Å². The van der Waals surface area contributed by atoms with Gasteiger partial charge in [-0.25, -0.2) is 0 Å². The van der Waals surface area contributed by atoms with E-state index < -0.39 is 22.0 Å². The molecule has 1 aromatic rings. The summed E-state index contributed by atoms with van der Waals surface area (Å²) in [5.74, 6) is 0. The third-order valence-corrected chi connectivity index (χ3v) is 27.8. The topological polar surface area (TPSA) is 18.5 Å². The molecule has 0 aliphatic carbocycles. The van der Waals surface area contributed by atoms with Crippen molar-refractivity contribution in [2.75, 3.05) is 49.3 Å². The van der Waals surface area contributed by atoms with E-state index >= 15 is 0 Å². The van der Waals surface area contributed by atoms with Crippen LogP contribution >= 0.6 is 22.0 Å². The van der Waals surface area contributed by atoms with E-state index in [1.165, 1.54) is 158 Å². The Balaban J connectivity index is 3.98. The van der Waals surface area contributed by atoms with Gasteiger partial charge in [-0.1, -0.05) is 0 Å². The van der Waals surface area contributed by atoms with Crippen LogP contribution in [0, 0.1) is 0 Å². The zero-order valence-corrected chi connectivity index (χ0v) is 33.9. The summed E-state index contributed by atoms with van der Waals surface area (Å²) in [6.45, 7) is 14.2. The number of hydrogen-bond donors (Lipinski definition) is 0. The molecule has 0 heterocycles. The summed E-state index contributed by atoms with van der Waals surface area (Å²) in [5, 5.41) is 0. The van der Waals surface area contributed by atoms with Crippen molar-refractivity contribution in [2.45, 2.75) is 164 Å². The summed E-state index contributed by atoms with van der Waals surface area (Å²) in [5.41, 5.74) is 1.42. The van der Waals surface area contributed by atoms with Crippen LogP contribution in [0.4, 0.5) is 0 Å². The van der Waals surface area contributed by atoms with Gasteiger partial charge in [-0.15, -0.1) is 0 Å². The van der Waals surface area contributed by atoms with E-state index in [9.17, 15) is 0 Å².